The van der Waals surface area contributed by atoms with Crippen molar-refractivity contribution in [2.75, 3.05) is 19.6 Å². The van der Waals surface area contributed by atoms with Crippen LogP contribution < -0.4 is 16.5 Å². The first-order valence-electron chi connectivity index (χ1n) is 2.93. The number of amidine groups is 1. The van der Waals surface area contributed by atoms with Crippen molar-refractivity contribution in [2.24, 2.45) is 10.7 Å². The first-order valence-corrected chi connectivity index (χ1v) is 2.93. The highest BCUT2D eigenvalue weighted by Crippen LogP contribution is 1.81. The van der Waals surface area contributed by atoms with E-state index in [2.05, 4.69) is 10.3 Å². The maximum atomic E-state index is 5.29. The van der Waals surface area contributed by atoms with Gasteiger partial charge in [-0.05, 0) is 0 Å². The third-order valence-corrected chi connectivity index (χ3v) is 1.22. The van der Waals surface area contributed by atoms with E-state index in [4.69, 9.17) is 11.1 Å². The topological polar surface area (TPSA) is 76.0 Å². The average Bonchev–Trinajstić information content (AvgIpc) is 1.90. The molecule has 0 saturated heterocycles. The Morgan fingerprint density at radius 1 is 1.78 bits per heavy atom. The van der Waals surface area contributed by atoms with Crippen LogP contribution in [0.1, 0.15) is 0 Å². The van der Waals surface area contributed by atoms with Crippen LogP contribution in [0.3, 0.4) is 0 Å². The Kier molecular flexibility index (Phi) is 1.79. The lowest BCUT2D eigenvalue weighted by Crippen LogP contribution is -2.54. The summed E-state index contributed by atoms with van der Waals surface area (Å²) in [6.07, 6.45) is 0. The molecule has 0 aliphatic carbocycles. The molecule has 0 fully saturated rings. The molecule has 4 heteroatoms. The summed E-state index contributed by atoms with van der Waals surface area (Å²) < 4.78 is 0. The molecule has 1 aliphatic heterocycles. The van der Waals surface area contributed by atoms with Gasteiger partial charge < -0.3 is 5.32 Å². The van der Waals surface area contributed by atoms with Crippen molar-refractivity contribution in [1.29, 1.82) is 0 Å². The van der Waals surface area contributed by atoms with Gasteiger partial charge in [-0.3, -0.25) is 16.1 Å². The van der Waals surface area contributed by atoms with Gasteiger partial charge in [-0.15, -0.1) is 0 Å². The summed E-state index contributed by atoms with van der Waals surface area (Å²) in [7, 11) is 0. The predicted molar refractivity (Wildman–Crippen MR) is 36.3 cm³/mol. The molecule has 0 amide bonds. The zero-order valence-electron chi connectivity index (χ0n) is 5.22. The summed E-state index contributed by atoms with van der Waals surface area (Å²) in [5.41, 5.74) is 6.08. The molecule has 9 heavy (non-hydrogen) atoms. The van der Waals surface area contributed by atoms with Crippen LogP contribution >= 0.6 is 0 Å². The second kappa shape index (κ2) is 2.59. The molecule has 1 heterocycles. The summed E-state index contributed by atoms with van der Waals surface area (Å²) >= 11 is 0. The minimum absolute atomic E-state index is 0.335. The van der Waals surface area contributed by atoms with Crippen LogP contribution in [0.2, 0.25) is 0 Å². The first-order chi connectivity index (χ1) is 4.30. The van der Waals surface area contributed by atoms with Gasteiger partial charge in [0.15, 0.2) is 0 Å². The molecule has 0 unspecified atom stereocenters. The van der Waals surface area contributed by atoms with Gasteiger partial charge in [0.05, 0.1) is 6.54 Å². The standard InChI is InChI=1S/C5H10N4/c6-5(7)4-3-8-1-2-9-4/h8H,1-3H2,(H3,6,7)/p+1. The van der Waals surface area contributed by atoms with Crippen molar-refractivity contribution < 1.29 is 5.41 Å². The van der Waals surface area contributed by atoms with E-state index in [1.807, 2.05) is 0 Å². The van der Waals surface area contributed by atoms with Crippen LogP contribution in [-0.4, -0.2) is 31.2 Å². The minimum Gasteiger partial charge on any atom is -0.309 e. The number of rotatable bonds is 1. The van der Waals surface area contributed by atoms with E-state index in [0.29, 0.717) is 12.4 Å². The van der Waals surface area contributed by atoms with Gasteiger partial charge in [-0.25, -0.2) is 0 Å². The molecule has 0 saturated carbocycles. The Labute approximate surface area is 53.7 Å². The fourth-order valence-corrected chi connectivity index (χ4v) is 0.726. The third-order valence-electron chi connectivity index (χ3n) is 1.22. The number of nitrogens with zero attached hydrogens (tertiary/aromatic N) is 1. The second-order valence-corrected chi connectivity index (χ2v) is 1.96. The zero-order chi connectivity index (χ0) is 6.69. The molecule has 4 nitrogen and oxygen atoms in total. The maximum absolute atomic E-state index is 5.29. The molecular formula is C5H11N4+. The summed E-state index contributed by atoms with van der Waals surface area (Å²) in [4.78, 5) is 4.10. The fourth-order valence-electron chi connectivity index (χ4n) is 0.726. The highest BCUT2D eigenvalue weighted by molar-refractivity contribution is 6.39. The molecule has 0 spiro atoms. The summed E-state index contributed by atoms with van der Waals surface area (Å²) in [5, 5.41) is 8.40. The predicted octanol–water partition coefficient (Wildman–Crippen LogP) is -2.85. The highest BCUT2D eigenvalue weighted by atomic mass is 15.0. The maximum Gasteiger partial charge on any atom is 0.286 e. The summed E-state index contributed by atoms with van der Waals surface area (Å²) in [6, 6.07) is 0. The SMILES string of the molecule is NC(=[NH2+])C1=NCCNC1. The largest absolute Gasteiger partial charge is 0.309 e. The van der Waals surface area contributed by atoms with Crippen molar-refractivity contribution >= 4 is 11.5 Å². The Balaban J connectivity index is 2.57. The Bertz CT molecular complexity index is 149. The van der Waals surface area contributed by atoms with Crippen LogP contribution in [0.4, 0.5) is 0 Å². The van der Waals surface area contributed by atoms with Crippen molar-refractivity contribution in [3.05, 3.63) is 0 Å². The van der Waals surface area contributed by atoms with Crippen molar-refractivity contribution in [2.45, 2.75) is 0 Å². The molecule has 1 rings (SSSR count). The van der Waals surface area contributed by atoms with Gasteiger partial charge in [-0.2, -0.15) is 0 Å². The molecule has 0 radical (unpaired) electrons. The average molecular weight is 127 g/mol. The second-order valence-electron chi connectivity index (χ2n) is 1.96. The molecule has 0 aromatic carbocycles. The van der Waals surface area contributed by atoms with Gasteiger partial charge in [0.25, 0.3) is 5.84 Å². The van der Waals surface area contributed by atoms with E-state index in [9.17, 15) is 0 Å². The van der Waals surface area contributed by atoms with Gasteiger partial charge in [0.2, 0.25) is 0 Å². The van der Waals surface area contributed by atoms with Gasteiger partial charge in [0.1, 0.15) is 5.71 Å². The number of nitrogens with one attached hydrogen (secondary N) is 1. The monoisotopic (exact) mass is 127 g/mol. The summed E-state index contributed by atoms with van der Waals surface area (Å²) in [5.74, 6) is 0.335. The van der Waals surface area contributed by atoms with Crippen LogP contribution in [-0.2, 0) is 0 Å². The lowest BCUT2D eigenvalue weighted by molar-refractivity contribution is -0.112. The number of aliphatic imine (C=N–C) groups is 1. The Morgan fingerprint density at radius 2 is 2.56 bits per heavy atom. The Morgan fingerprint density at radius 3 is 2.89 bits per heavy atom. The molecule has 1 aliphatic rings. The van der Waals surface area contributed by atoms with Gasteiger partial charge >= 0.3 is 0 Å². The van der Waals surface area contributed by atoms with E-state index in [-0.39, 0.29) is 0 Å². The van der Waals surface area contributed by atoms with E-state index >= 15 is 0 Å². The minimum atomic E-state index is 0.335. The number of nitrogens with two attached hydrogens (primary N) is 2. The Hall–Kier alpha value is -0.900. The first kappa shape index (κ1) is 6.22. The fraction of sp³-hybridized carbons (Fsp3) is 0.600. The van der Waals surface area contributed by atoms with Gasteiger partial charge in [-0.1, -0.05) is 0 Å². The van der Waals surface area contributed by atoms with Crippen molar-refractivity contribution in [3.63, 3.8) is 0 Å². The van der Waals surface area contributed by atoms with Crippen LogP contribution in [0.5, 0.6) is 0 Å². The highest BCUT2D eigenvalue weighted by Gasteiger charge is 2.09. The lowest BCUT2D eigenvalue weighted by atomic mass is 10.3. The molecule has 5 N–H and O–H groups in total. The van der Waals surface area contributed by atoms with E-state index in [0.717, 1.165) is 18.8 Å². The molecule has 0 atom stereocenters. The van der Waals surface area contributed by atoms with Crippen LogP contribution in [0, 0.1) is 0 Å². The normalized spacial score (nSPS) is 18.9. The molecule has 0 aromatic rings. The zero-order valence-corrected chi connectivity index (χ0v) is 5.22. The third kappa shape index (κ3) is 1.50. The lowest BCUT2D eigenvalue weighted by Gasteiger charge is -2.08. The van der Waals surface area contributed by atoms with E-state index < -0.39 is 0 Å². The number of hydrogen-bond acceptors (Lipinski definition) is 2. The number of hydrogen-bond donors (Lipinski definition) is 3. The van der Waals surface area contributed by atoms with Crippen LogP contribution in [0.15, 0.2) is 4.99 Å². The molecular weight excluding hydrogens is 116 g/mol. The summed E-state index contributed by atoms with van der Waals surface area (Å²) in [6.45, 7) is 2.42. The molecule has 0 bridgehead atoms. The van der Waals surface area contributed by atoms with E-state index in [1.54, 1.807) is 0 Å². The van der Waals surface area contributed by atoms with Crippen molar-refractivity contribution in [3.8, 4) is 0 Å². The quantitative estimate of drug-likeness (QED) is 0.262. The van der Waals surface area contributed by atoms with E-state index in [1.165, 1.54) is 0 Å². The smallest absolute Gasteiger partial charge is 0.286 e. The van der Waals surface area contributed by atoms with Gasteiger partial charge in [0, 0.05) is 13.1 Å². The molecule has 50 valence electrons. The van der Waals surface area contributed by atoms with Crippen molar-refractivity contribution in [1.82, 2.24) is 5.32 Å². The van der Waals surface area contributed by atoms with Crippen LogP contribution in [0.25, 0.3) is 0 Å². The molecule has 0 aromatic heterocycles.